The van der Waals surface area contributed by atoms with Gasteiger partial charge < -0.3 is 5.32 Å². The molecule has 0 aliphatic heterocycles. The topological polar surface area (TPSA) is 29.9 Å². The average molecular weight is 251 g/mol. The van der Waals surface area contributed by atoms with Crippen LogP contribution in [0.4, 0.5) is 0 Å². The largest absolute Gasteiger partial charge is 0.315 e. The van der Waals surface area contributed by atoms with Crippen LogP contribution in [0.1, 0.15) is 64.4 Å². The summed E-state index contributed by atoms with van der Waals surface area (Å²) in [6.45, 7) is 11.0. The van der Waals surface area contributed by atoms with Crippen LogP contribution in [0, 0.1) is 0 Å². The third kappa shape index (κ3) is 4.45. The lowest BCUT2D eigenvalue weighted by molar-refractivity contribution is 0.435. The number of nitrogens with one attached hydrogen (secondary N) is 1. The summed E-state index contributed by atoms with van der Waals surface area (Å²) in [7, 11) is 0. The van der Waals surface area contributed by atoms with Crippen molar-refractivity contribution in [3.8, 4) is 0 Å². The summed E-state index contributed by atoms with van der Waals surface area (Å²) in [5, 5.41) is 8.23. The number of aryl methyl sites for hydroxylation is 2. The molecule has 0 saturated carbocycles. The number of hydrogen-bond donors (Lipinski definition) is 1. The van der Waals surface area contributed by atoms with Crippen LogP contribution in [0.25, 0.3) is 0 Å². The van der Waals surface area contributed by atoms with Gasteiger partial charge in [0.1, 0.15) is 0 Å². The van der Waals surface area contributed by atoms with Crippen LogP contribution in [0.15, 0.2) is 6.07 Å². The van der Waals surface area contributed by atoms with E-state index in [9.17, 15) is 0 Å². The van der Waals surface area contributed by atoms with Crippen molar-refractivity contribution in [1.82, 2.24) is 15.1 Å². The minimum absolute atomic E-state index is 0.446. The Labute approximate surface area is 112 Å². The third-order valence-corrected chi connectivity index (χ3v) is 3.40. The lowest BCUT2D eigenvalue weighted by Gasteiger charge is -2.16. The molecule has 0 saturated heterocycles. The number of rotatable bonds is 9. The van der Waals surface area contributed by atoms with Crippen molar-refractivity contribution in [2.75, 3.05) is 13.1 Å². The Kier molecular flexibility index (Phi) is 7.02. The minimum atomic E-state index is 0.446. The Morgan fingerprint density at radius 1 is 1.22 bits per heavy atom. The molecule has 104 valence electrons. The summed E-state index contributed by atoms with van der Waals surface area (Å²) in [6.07, 6.45) is 5.98. The van der Waals surface area contributed by atoms with Gasteiger partial charge in [-0.3, -0.25) is 4.68 Å². The molecule has 0 aromatic carbocycles. The van der Waals surface area contributed by atoms with Crippen molar-refractivity contribution in [2.45, 2.75) is 65.8 Å². The molecule has 3 nitrogen and oxygen atoms in total. The first-order chi connectivity index (χ1) is 8.72. The molecular weight excluding hydrogens is 222 g/mol. The van der Waals surface area contributed by atoms with Crippen molar-refractivity contribution in [1.29, 1.82) is 0 Å². The predicted octanol–water partition coefficient (Wildman–Crippen LogP) is 3.35. The van der Waals surface area contributed by atoms with Crippen LogP contribution >= 0.6 is 0 Å². The minimum Gasteiger partial charge on any atom is -0.315 e. The van der Waals surface area contributed by atoms with E-state index >= 15 is 0 Å². The molecule has 3 heteroatoms. The molecule has 0 bridgehead atoms. The average Bonchev–Trinajstić information content (AvgIpc) is 2.81. The van der Waals surface area contributed by atoms with Crippen molar-refractivity contribution >= 4 is 0 Å². The highest BCUT2D eigenvalue weighted by molar-refractivity contribution is 5.11. The summed E-state index contributed by atoms with van der Waals surface area (Å²) < 4.78 is 2.20. The molecule has 1 aromatic heterocycles. The molecular formula is C15H29N3. The van der Waals surface area contributed by atoms with E-state index in [0.29, 0.717) is 6.04 Å². The van der Waals surface area contributed by atoms with Gasteiger partial charge in [0.15, 0.2) is 0 Å². The number of hydrogen-bond acceptors (Lipinski definition) is 2. The first-order valence-corrected chi connectivity index (χ1v) is 7.50. The Balaban J connectivity index is 2.44. The van der Waals surface area contributed by atoms with Crippen LogP contribution < -0.4 is 5.32 Å². The Bertz CT molecular complexity index is 330. The van der Waals surface area contributed by atoms with E-state index in [1.165, 1.54) is 30.7 Å². The monoisotopic (exact) mass is 251 g/mol. The summed E-state index contributed by atoms with van der Waals surface area (Å²) in [6, 6.07) is 2.69. The normalized spacial score (nSPS) is 12.9. The van der Waals surface area contributed by atoms with Gasteiger partial charge in [0.25, 0.3) is 0 Å². The summed E-state index contributed by atoms with van der Waals surface area (Å²) in [5.74, 6) is 0. The fourth-order valence-corrected chi connectivity index (χ4v) is 2.21. The quantitative estimate of drug-likeness (QED) is 0.682. The molecule has 1 unspecified atom stereocenters. The zero-order valence-corrected chi connectivity index (χ0v) is 12.5. The summed E-state index contributed by atoms with van der Waals surface area (Å²) in [5.41, 5.74) is 2.57. The van der Waals surface area contributed by atoms with E-state index in [4.69, 9.17) is 5.10 Å². The number of nitrogens with zero attached hydrogens (tertiary/aromatic N) is 2. The molecule has 0 amide bonds. The van der Waals surface area contributed by atoms with Gasteiger partial charge in [0.2, 0.25) is 0 Å². The SMILES string of the molecule is CCCCCNCC(C)n1nc(CC)cc1CC. The van der Waals surface area contributed by atoms with Crippen LogP contribution in [0.3, 0.4) is 0 Å². The molecule has 0 spiro atoms. The molecule has 0 radical (unpaired) electrons. The molecule has 0 aliphatic carbocycles. The molecule has 0 aliphatic rings. The fraction of sp³-hybridized carbons (Fsp3) is 0.800. The van der Waals surface area contributed by atoms with Crippen molar-refractivity contribution in [3.05, 3.63) is 17.5 Å². The Hall–Kier alpha value is -0.830. The first-order valence-electron chi connectivity index (χ1n) is 7.50. The standard InChI is InChI=1S/C15H29N3/c1-5-8-9-10-16-12-13(4)18-15(7-3)11-14(6-2)17-18/h11,13,16H,5-10,12H2,1-4H3. The van der Waals surface area contributed by atoms with Crippen LogP contribution in [0.5, 0.6) is 0 Å². The lowest BCUT2D eigenvalue weighted by Crippen LogP contribution is -2.26. The van der Waals surface area contributed by atoms with Crippen molar-refractivity contribution in [3.63, 3.8) is 0 Å². The fourth-order valence-electron chi connectivity index (χ4n) is 2.21. The second-order valence-electron chi connectivity index (χ2n) is 5.04. The molecule has 1 rings (SSSR count). The van der Waals surface area contributed by atoms with E-state index in [1.54, 1.807) is 0 Å². The second-order valence-corrected chi connectivity index (χ2v) is 5.04. The van der Waals surface area contributed by atoms with Gasteiger partial charge in [-0.1, -0.05) is 33.6 Å². The molecule has 1 N–H and O–H groups in total. The highest BCUT2D eigenvalue weighted by Crippen LogP contribution is 2.12. The zero-order valence-electron chi connectivity index (χ0n) is 12.5. The van der Waals surface area contributed by atoms with E-state index in [2.05, 4.69) is 43.8 Å². The predicted molar refractivity (Wildman–Crippen MR) is 78.1 cm³/mol. The highest BCUT2D eigenvalue weighted by atomic mass is 15.3. The maximum atomic E-state index is 4.69. The van der Waals surface area contributed by atoms with E-state index in [-0.39, 0.29) is 0 Å². The molecule has 1 aromatic rings. The zero-order chi connectivity index (χ0) is 13.4. The molecule has 1 heterocycles. The number of unbranched alkanes of at least 4 members (excludes halogenated alkanes) is 2. The van der Waals surface area contributed by atoms with Crippen LogP contribution in [-0.4, -0.2) is 22.9 Å². The van der Waals surface area contributed by atoms with Gasteiger partial charge in [-0.05, 0) is 38.8 Å². The van der Waals surface area contributed by atoms with Gasteiger partial charge in [0, 0.05) is 12.2 Å². The first kappa shape index (κ1) is 15.2. The van der Waals surface area contributed by atoms with E-state index in [1.807, 2.05) is 0 Å². The third-order valence-electron chi connectivity index (χ3n) is 3.40. The van der Waals surface area contributed by atoms with Gasteiger partial charge in [0.05, 0.1) is 11.7 Å². The van der Waals surface area contributed by atoms with E-state index in [0.717, 1.165) is 25.9 Å². The van der Waals surface area contributed by atoms with Gasteiger partial charge in [-0.2, -0.15) is 5.10 Å². The van der Waals surface area contributed by atoms with Crippen molar-refractivity contribution < 1.29 is 0 Å². The Morgan fingerprint density at radius 3 is 2.61 bits per heavy atom. The molecule has 1 atom stereocenters. The summed E-state index contributed by atoms with van der Waals surface area (Å²) >= 11 is 0. The smallest absolute Gasteiger partial charge is 0.0624 e. The maximum Gasteiger partial charge on any atom is 0.0624 e. The highest BCUT2D eigenvalue weighted by Gasteiger charge is 2.11. The second kappa shape index (κ2) is 8.30. The van der Waals surface area contributed by atoms with Crippen molar-refractivity contribution in [2.24, 2.45) is 0 Å². The number of aromatic nitrogens is 2. The molecule has 0 fully saturated rings. The lowest BCUT2D eigenvalue weighted by atomic mass is 10.2. The van der Waals surface area contributed by atoms with Gasteiger partial charge >= 0.3 is 0 Å². The van der Waals surface area contributed by atoms with Gasteiger partial charge in [-0.25, -0.2) is 0 Å². The van der Waals surface area contributed by atoms with Crippen LogP contribution in [0.2, 0.25) is 0 Å². The van der Waals surface area contributed by atoms with Crippen LogP contribution in [-0.2, 0) is 12.8 Å². The molecule has 18 heavy (non-hydrogen) atoms. The summed E-state index contributed by atoms with van der Waals surface area (Å²) in [4.78, 5) is 0. The van der Waals surface area contributed by atoms with Gasteiger partial charge in [-0.15, -0.1) is 0 Å². The van der Waals surface area contributed by atoms with E-state index < -0.39 is 0 Å². The maximum absolute atomic E-state index is 4.69. The Morgan fingerprint density at radius 2 is 2.00 bits per heavy atom.